The summed E-state index contributed by atoms with van der Waals surface area (Å²) in [6.07, 6.45) is 1.56. The van der Waals surface area contributed by atoms with Crippen molar-refractivity contribution in [1.29, 1.82) is 0 Å². The van der Waals surface area contributed by atoms with Gasteiger partial charge in [-0.3, -0.25) is 14.2 Å². The molecule has 1 aromatic carbocycles. The zero-order chi connectivity index (χ0) is 19.0. The SMILES string of the molecule is CC(=O)c1cccc(NS(=O)(=O)c2cn(C(C)C)nc2C(C)(C)C)c1. The van der Waals surface area contributed by atoms with E-state index in [0.29, 0.717) is 16.9 Å². The highest BCUT2D eigenvalue weighted by atomic mass is 32.2. The molecule has 1 N–H and O–H groups in total. The summed E-state index contributed by atoms with van der Waals surface area (Å²) in [5.41, 5.74) is 0.890. The van der Waals surface area contributed by atoms with Gasteiger partial charge in [0.1, 0.15) is 4.90 Å². The van der Waals surface area contributed by atoms with Crippen molar-refractivity contribution in [1.82, 2.24) is 9.78 Å². The van der Waals surface area contributed by atoms with E-state index in [1.807, 2.05) is 34.6 Å². The molecule has 0 spiro atoms. The minimum Gasteiger partial charge on any atom is -0.295 e. The lowest BCUT2D eigenvalue weighted by Crippen LogP contribution is -2.20. The lowest BCUT2D eigenvalue weighted by molar-refractivity contribution is 0.101. The second-order valence-corrected chi connectivity index (χ2v) is 9.06. The van der Waals surface area contributed by atoms with Crippen molar-refractivity contribution in [2.24, 2.45) is 0 Å². The second kappa shape index (κ2) is 6.63. The van der Waals surface area contributed by atoms with E-state index in [0.717, 1.165) is 0 Å². The molecule has 6 nitrogen and oxygen atoms in total. The molecule has 1 aromatic heterocycles. The van der Waals surface area contributed by atoms with Gasteiger partial charge >= 0.3 is 0 Å². The van der Waals surface area contributed by atoms with E-state index in [1.165, 1.54) is 13.0 Å². The lowest BCUT2D eigenvalue weighted by Gasteiger charge is -2.18. The summed E-state index contributed by atoms with van der Waals surface area (Å²) in [5, 5.41) is 4.48. The highest BCUT2D eigenvalue weighted by molar-refractivity contribution is 7.92. The first-order chi connectivity index (χ1) is 11.4. The Morgan fingerprint density at radius 2 is 1.88 bits per heavy atom. The first kappa shape index (κ1) is 19.2. The van der Waals surface area contributed by atoms with Crippen LogP contribution >= 0.6 is 0 Å². The van der Waals surface area contributed by atoms with E-state index in [4.69, 9.17) is 0 Å². The summed E-state index contributed by atoms with van der Waals surface area (Å²) < 4.78 is 30.1. The number of ketones is 1. The van der Waals surface area contributed by atoms with Crippen molar-refractivity contribution in [3.63, 3.8) is 0 Å². The third-order valence-electron chi connectivity index (χ3n) is 3.75. The quantitative estimate of drug-likeness (QED) is 0.820. The van der Waals surface area contributed by atoms with Crippen molar-refractivity contribution in [2.45, 2.75) is 57.9 Å². The maximum Gasteiger partial charge on any atom is 0.265 e. The molecule has 0 atom stereocenters. The molecule has 25 heavy (non-hydrogen) atoms. The number of hydrogen-bond donors (Lipinski definition) is 1. The van der Waals surface area contributed by atoms with Crippen LogP contribution in [0.5, 0.6) is 0 Å². The molecule has 0 saturated carbocycles. The van der Waals surface area contributed by atoms with E-state index >= 15 is 0 Å². The van der Waals surface area contributed by atoms with E-state index in [2.05, 4.69) is 9.82 Å². The van der Waals surface area contributed by atoms with Crippen molar-refractivity contribution in [2.75, 3.05) is 4.72 Å². The van der Waals surface area contributed by atoms with Crippen LogP contribution in [0.2, 0.25) is 0 Å². The smallest absolute Gasteiger partial charge is 0.265 e. The zero-order valence-corrected chi connectivity index (χ0v) is 16.3. The molecule has 136 valence electrons. The molecule has 0 saturated heterocycles. The van der Waals surface area contributed by atoms with Crippen LogP contribution in [0, 0.1) is 0 Å². The van der Waals surface area contributed by atoms with Crippen molar-refractivity contribution >= 4 is 21.5 Å². The highest BCUT2D eigenvalue weighted by Gasteiger charge is 2.30. The van der Waals surface area contributed by atoms with Crippen LogP contribution in [0.3, 0.4) is 0 Å². The Labute approximate surface area is 149 Å². The van der Waals surface area contributed by atoms with Gasteiger partial charge in [-0.25, -0.2) is 8.42 Å². The van der Waals surface area contributed by atoms with E-state index < -0.39 is 15.4 Å². The molecule has 0 aliphatic rings. The van der Waals surface area contributed by atoms with Gasteiger partial charge in [-0.2, -0.15) is 5.10 Å². The average Bonchev–Trinajstić information content (AvgIpc) is 2.93. The van der Waals surface area contributed by atoms with Gasteiger partial charge in [0.15, 0.2) is 5.78 Å². The second-order valence-electron chi connectivity index (χ2n) is 7.41. The number of carbonyl (C=O) groups is 1. The zero-order valence-electron chi connectivity index (χ0n) is 15.5. The summed E-state index contributed by atoms with van der Waals surface area (Å²) >= 11 is 0. The fourth-order valence-electron chi connectivity index (χ4n) is 2.37. The predicted molar refractivity (Wildman–Crippen MR) is 98.6 cm³/mol. The maximum atomic E-state index is 12.9. The summed E-state index contributed by atoms with van der Waals surface area (Å²) in [6.45, 7) is 11.1. The number of anilines is 1. The van der Waals surface area contributed by atoms with Crippen LogP contribution in [0.25, 0.3) is 0 Å². The molecule has 2 rings (SSSR count). The number of Topliss-reactive ketones (excluding diaryl/α,β-unsaturated/α-hetero) is 1. The molecule has 2 aromatic rings. The standard InChI is InChI=1S/C18H25N3O3S/c1-12(2)21-11-16(17(19-21)18(4,5)6)25(23,24)20-15-9-7-8-14(10-15)13(3)22/h7-12,20H,1-6H3. The monoisotopic (exact) mass is 363 g/mol. The third-order valence-corrected chi connectivity index (χ3v) is 5.13. The van der Waals surface area contributed by atoms with Gasteiger partial charge in [-0.1, -0.05) is 32.9 Å². The molecule has 0 unspecified atom stereocenters. The normalized spacial score (nSPS) is 12.4. The maximum absolute atomic E-state index is 12.9. The molecule has 0 aliphatic heterocycles. The largest absolute Gasteiger partial charge is 0.295 e. The van der Waals surface area contributed by atoms with Crippen LogP contribution in [0.1, 0.15) is 63.6 Å². The number of sulfonamides is 1. The summed E-state index contributed by atoms with van der Waals surface area (Å²) in [7, 11) is -3.83. The van der Waals surface area contributed by atoms with Crippen molar-refractivity contribution < 1.29 is 13.2 Å². The Morgan fingerprint density at radius 1 is 1.24 bits per heavy atom. The van der Waals surface area contributed by atoms with E-state index in [1.54, 1.807) is 29.1 Å². The molecule has 7 heteroatoms. The fraction of sp³-hybridized carbons (Fsp3) is 0.444. The predicted octanol–water partition coefficient (Wildman–Crippen LogP) is 3.76. The Kier molecular flexibility index (Phi) is 5.09. The van der Waals surface area contributed by atoms with Crippen LogP contribution in [0.15, 0.2) is 35.4 Å². The van der Waals surface area contributed by atoms with Gasteiger partial charge in [-0.15, -0.1) is 0 Å². The fourth-order valence-corrected chi connectivity index (χ4v) is 3.76. The van der Waals surface area contributed by atoms with Gasteiger partial charge < -0.3 is 0 Å². The van der Waals surface area contributed by atoms with Gasteiger partial charge in [0.05, 0.1) is 5.69 Å². The molecule has 0 radical (unpaired) electrons. The number of nitrogens with one attached hydrogen (secondary N) is 1. The molecule has 0 fully saturated rings. The first-order valence-corrected chi connectivity index (χ1v) is 9.63. The van der Waals surface area contributed by atoms with Gasteiger partial charge in [0, 0.05) is 28.9 Å². The van der Waals surface area contributed by atoms with Crippen molar-refractivity contribution in [3.8, 4) is 0 Å². The number of carbonyl (C=O) groups excluding carboxylic acids is 1. The van der Waals surface area contributed by atoms with Crippen LogP contribution in [0.4, 0.5) is 5.69 Å². The average molecular weight is 363 g/mol. The Morgan fingerprint density at radius 3 is 2.40 bits per heavy atom. The van der Waals surface area contributed by atoms with Crippen LogP contribution in [-0.4, -0.2) is 24.0 Å². The molecular formula is C18H25N3O3S. The Hall–Kier alpha value is -2.15. The third kappa shape index (κ3) is 4.28. The Balaban J connectivity index is 2.49. The van der Waals surface area contributed by atoms with Crippen LogP contribution < -0.4 is 4.72 Å². The molecular weight excluding hydrogens is 338 g/mol. The summed E-state index contributed by atoms with van der Waals surface area (Å²) in [4.78, 5) is 11.7. The van der Waals surface area contributed by atoms with Crippen LogP contribution in [-0.2, 0) is 15.4 Å². The molecule has 1 heterocycles. The lowest BCUT2D eigenvalue weighted by atomic mass is 9.92. The summed E-state index contributed by atoms with van der Waals surface area (Å²) in [5.74, 6) is -0.121. The number of nitrogens with zero attached hydrogens (tertiary/aromatic N) is 2. The highest BCUT2D eigenvalue weighted by Crippen LogP contribution is 2.30. The number of aromatic nitrogens is 2. The van der Waals surface area contributed by atoms with Gasteiger partial charge in [0.25, 0.3) is 10.0 Å². The molecule has 0 amide bonds. The minimum atomic E-state index is -3.83. The Bertz CT molecular complexity index is 891. The minimum absolute atomic E-state index is 0.0473. The number of hydrogen-bond acceptors (Lipinski definition) is 4. The number of benzene rings is 1. The van der Waals surface area contributed by atoms with Gasteiger partial charge in [0.2, 0.25) is 0 Å². The topological polar surface area (TPSA) is 81.1 Å². The first-order valence-electron chi connectivity index (χ1n) is 8.15. The van der Waals surface area contributed by atoms with E-state index in [-0.39, 0.29) is 16.7 Å². The van der Waals surface area contributed by atoms with E-state index in [9.17, 15) is 13.2 Å². The molecule has 0 bridgehead atoms. The number of rotatable bonds is 5. The molecule has 0 aliphatic carbocycles. The summed E-state index contributed by atoms with van der Waals surface area (Å²) in [6, 6.07) is 6.50. The van der Waals surface area contributed by atoms with Crippen molar-refractivity contribution in [3.05, 3.63) is 41.7 Å². The van der Waals surface area contributed by atoms with Gasteiger partial charge in [-0.05, 0) is 32.9 Å².